The van der Waals surface area contributed by atoms with Gasteiger partial charge in [-0.3, -0.25) is 0 Å². The Balaban J connectivity index is 1.74. The van der Waals surface area contributed by atoms with E-state index < -0.39 is 17.3 Å². The molecule has 4 heteroatoms. The summed E-state index contributed by atoms with van der Waals surface area (Å²) in [5.41, 5.74) is 4.72. The highest BCUT2D eigenvalue weighted by molar-refractivity contribution is 7.78. The van der Waals surface area contributed by atoms with Gasteiger partial charge in [-0.25, -0.2) is 8.78 Å². The molecule has 0 saturated heterocycles. The Morgan fingerprint density at radius 2 is 1.72 bits per heavy atom. The molecule has 0 fully saturated rings. The molecular weight excluding hydrogens is 384 g/mol. The Kier molecular flexibility index (Phi) is 7.47. The van der Waals surface area contributed by atoms with Gasteiger partial charge in [0.05, 0.1) is 5.16 Å². The number of rotatable bonds is 6. The van der Waals surface area contributed by atoms with Crippen molar-refractivity contribution >= 4 is 29.1 Å². The number of aryl methyl sites for hydroxylation is 1. The van der Waals surface area contributed by atoms with E-state index in [4.69, 9.17) is 0 Å². The highest BCUT2D eigenvalue weighted by Gasteiger charge is 2.11. The lowest BCUT2D eigenvalue weighted by Crippen LogP contribution is -2.00. The summed E-state index contributed by atoms with van der Waals surface area (Å²) >= 11 is 4.41. The van der Waals surface area contributed by atoms with Gasteiger partial charge in [-0.1, -0.05) is 55.7 Å². The van der Waals surface area contributed by atoms with Gasteiger partial charge >= 0.3 is 0 Å². The number of isothiocyanates is 1. The Labute approximate surface area is 176 Å². The number of hydrogen-bond donors (Lipinski definition) is 0. The lowest BCUT2D eigenvalue weighted by atomic mass is 9.88. The SMILES string of the molecule is CCCCCCC1=Cc2ccc(C#Cc3cc(F)c(N=C=S)c(F)c3)cc2CC1. The van der Waals surface area contributed by atoms with Gasteiger partial charge in [0.25, 0.3) is 0 Å². The van der Waals surface area contributed by atoms with Crippen molar-refractivity contribution in [2.24, 2.45) is 4.99 Å². The summed E-state index contributed by atoms with van der Waals surface area (Å²) < 4.78 is 27.8. The van der Waals surface area contributed by atoms with Gasteiger partial charge in [0.15, 0.2) is 11.6 Å². The molecule has 0 spiro atoms. The molecule has 0 saturated carbocycles. The molecule has 1 aliphatic carbocycles. The van der Waals surface area contributed by atoms with Crippen molar-refractivity contribution in [1.29, 1.82) is 0 Å². The van der Waals surface area contributed by atoms with Crippen LogP contribution in [0.5, 0.6) is 0 Å². The van der Waals surface area contributed by atoms with Crippen LogP contribution in [0.25, 0.3) is 6.08 Å². The number of aliphatic imine (C=N–C) groups is 1. The number of halogens is 2. The predicted molar refractivity (Wildman–Crippen MR) is 119 cm³/mol. The molecule has 0 unspecified atom stereocenters. The minimum atomic E-state index is -0.798. The second-order valence-electron chi connectivity index (χ2n) is 7.27. The molecule has 0 N–H and O–H groups in total. The highest BCUT2D eigenvalue weighted by Crippen LogP contribution is 2.28. The molecule has 1 nitrogen and oxygen atoms in total. The number of nitrogens with zero attached hydrogens (tertiary/aromatic N) is 1. The Morgan fingerprint density at radius 3 is 2.45 bits per heavy atom. The monoisotopic (exact) mass is 407 g/mol. The minimum absolute atomic E-state index is 0.260. The first kappa shape index (κ1) is 21.1. The molecule has 0 heterocycles. The number of hydrogen-bond acceptors (Lipinski definition) is 2. The molecular formula is C25H23F2NS. The standard InChI is InChI=1S/C25H23F2NS/c1-2-3-4-5-6-18-9-11-22-14-19(10-12-21(22)13-18)7-8-20-15-23(26)25(28-17-29)24(27)16-20/h10,12-16H,2-6,9,11H2,1H3. The molecule has 3 rings (SSSR count). The van der Waals surface area contributed by atoms with E-state index in [1.165, 1.54) is 48.8 Å². The second-order valence-corrected chi connectivity index (χ2v) is 7.45. The smallest absolute Gasteiger partial charge is 0.153 e. The number of unbranched alkanes of at least 4 members (excludes halogenated alkanes) is 3. The molecule has 0 atom stereocenters. The molecule has 148 valence electrons. The summed E-state index contributed by atoms with van der Waals surface area (Å²) in [6.07, 6.45) is 10.7. The van der Waals surface area contributed by atoms with Gasteiger partial charge in [0.2, 0.25) is 0 Å². The molecule has 2 aromatic carbocycles. The van der Waals surface area contributed by atoms with Crippen molar-refractivity contribution in [3.8, 4) is 11.8 Å². The van der Waals surface area contributed by atoms with Crippen LogP contribution in [0.1, 0.15) is 67.7 Å². The van der Waals surface area contributed by atoms with Crippen molar-refractivity contribution in [1.82, 2.24) is 0 Å². The zero-order valence-corrected chi connectivity index (χ0v) is 17.3. The van der Waals surface area contributed by atoms with Crippen LogP contribution in [0.4, 0.5) is 14.5 Å². The number of fused-ring (bicyclic) bond motifs is 1. The average molecular weight is 408 g/mol. The maximum atomic E-state index is 13.9. The van der Waals surface area contributed by atoms with Gasteiger partial charge in [-0.05, 0) is 73.3 Å². The fraction of sp³-hybridized carbons (Fsp3) is 0.320. The van der Waals surface area contributed by atoms with Crippen LogP contribution >= 0.6 is 12.2 Å². The van der Waals surface area contributed by atoms with Crippen molar-refractivity contribution < 1.29 is 8.78 Å². The van der Waals surface area contributed by atoms with Crippen LogP contribution in [-0.2, 0) is 6.42 Å². The molecule has 0 aromatic heterocycles. The summed E-state index contributed by atoms with van der Waals surface area (Å²) in [6, 6.07) is 8.44. The van der Waals surface area contributed by atoms with Crippen molar-refractivity contribution in [3.05, 3.63) is 69.8 Å². The van der Waals surface area contributed by atoms with E-state index >= 15 is 0 Å². The van der Waals surface area contributed by atoms with E-state index in [0.717, 1.165) is 30.5 Å². The third-order valence-electron chi connectivity index (χ3n) is 5.10. The van der Waals surface area contributed by atoms with E-state index in [2.05, 4.69) is 54.2 Å². The maximum Gasteiger partial charge on any atom is 0.153 e. The molecule has 0 radical (unpaired) electrons. The number of thiocarbonyl (C=S) groups is 1. The Hall–Kier alpha value is -2.60. The lowest BCUT2D eigenvalue weighted by Gasteiger charge is -2.17. The first-order valence-corrected chi connectivity index (χ1v) is 10.4. The molecule has 2 aromatic rings. The predicted octanol–water partition coefficient (Wildman–Crippen LogP) is 7.40. The summed E-state index contributed by atoms with van der Waals surface area (Å²) in [4.78, 5) is 3.41. The van der Waals surface area contributed by atoms with Gasteiger partial charge < -0.3 is 0 Å². The Bertz CT molecular complexity index is 1010. The van der Waals surface area contributed by atoms with Crippen LogP contribution in [0.15, 0.2) is 40.9 Å². The maximum absolute atomic E-state index is 13.9. The third-order valence-corrected chi connectivity index (χ3v) is 5.19. The topological polar surface area (TPSA) is 12.4 Å². The van der Waals surface area contributed by atoms with Gasteiger partial charge in [-0.15, -0.1) is 0 Å². The highest BCUT2D eigenvalue weighted by atomic mass is 32.1. The second kappa shape index (κ2) is 10.3. The lowest BCUT2D eigenvalue weighted by molar-refractivity contribution is 0.587. The molecule has 0 aliphatic heterocycles. The fourth-order valence-corrected chi connectivity index (χ4v) is 3.63. The molecule has 29 heavy (non-hydrogen) atoms. The van der Waals surface area contributed by atoms with E-state index in [1.54, 1.807) is 0 Å². The van der Waals surface area contributed by atoms with Crippen LogP contribution in [0.2, 0.25) is 0 Å². The summed E-state index contributed by atoms with van der Waals surface area (Å²) in [7, 11) is 0. The summed E-state index contributed by atoms with van der Waals surface area (Å²) in [6.45, 7) is 2.23. The van der Waals surface area contributed by atoms with Crippen molar-refractivity contribution in [2.75, 3.05) is 0 Å². The quantitative estimate of drug-likeness (QED) is 0.210. The van der Waals surface area contributed by atoms with E-state index in [1.807, 2.05) is 11.2 Å². The van der Waals surface area contributed by atoms with E-state index in [-0.39, 0.29) is 5.56 Å². The van der Waals surface area contributed by atoms with Gasteiger partial charge in [0.1, 0.15) is 5.69 Å². The molecule has 0 amide bonds. The summed E-state index contributed by atoms with van der Waals surface area (Å²) in [5, 5.41) is 1.98. The third kappa shape index (κ3) is 5.70. The molecule has 1 aliphatic rings. The fourth-order valence-electron chi connectivity index (χ4n) is 3.54. The average Bonchev–Trinajstić information content (AvgIpc) is 2.72. The van der Waals surface area contributed by atoms with Crippen LogP contribution in [0, 0.1) is 23.5 Å². The zero-order valence-electron chi connectivity index (χ0n) is 16.5. The van der Waals surface area contributed by atoms with Crippen molar-refractivity contribution in [2.45, 2.75) is 51.9 Å². The Morgan fingerprint density at radius 1 is 0.966 bits per heavy atom. The largest absolute Gasteiger partial charge is 0.204 e. The van der Waals surface area contributed by atoms with Crippen LogP contribution in [-0.4, -0.2) is 5.16 Å². The number of benzene rings is 2. The number of allylic oxidation sites excluding steroid dienone is 1. The minimum Gasteiger partial charge on any atom is -0.204 e. The molecule has 0 bridgehead atoms. The van der Waals surface area contributed by atoms with Crippen LogP contribution < -0.4 is 0 Å². The van der Waals surface area contributed by atoms with Crippen LogP contribution in [0.3, 0.4) is 0 Å². The van der Waals surface area contributed by atoms with E-state index in [0.29, 0.717) is 0 Å². The van der Waals surface area contributed by atoms with Crippen molar-refractivity contribution in [3.63, 3.8) is 0 Å². The normalized spacial score (nSPS) is 12.3. The first-order valence-electron chi connectivity index (χ1n) is 10.0. The first-order chi connectivity index (χ1) is 14.1. The van der Waals surface area contributed by atoms with Gasteiger partial charge in [-0.2, -0.15) is 4.99 Å². The van der Waals surface area contributed by atoms with E-state index in [9.17, 15) is 8.78 Å². The summed E-state index contributed by atoms with van der Waals surface area (Å²) in [5.74, 6) is 4.24. The zero-order chi connectivity index (χ0) is 20.6. The van der Waals surface area contributed by atoms with Gasteiger partial charge in [0, 0.05) is 11.1 Å².